The molecular weight excluding hydrogens is 333 g/mol. The maximum absolute atomic E-state index is 14.1. The number of hydrogen-bond acceptors (Lipinski definition) is 2. The fourth-order valence-corrected chi connectivity index (χ4v) is 2.43. The maximum Gasteiger partial charge on any atom is 0.148 e. The zero-order valence-corrected chi connectivity index (χ0v) is 13.0. The molecule has 2 N–H and O–H groups in total. The van der Waals surface area contributed by atoms with Crippen molar-refractivity contribution >= 4 is 27.5 Å². The van der Waals surface area contributed by atoms with E-state index in [1.54, 1.807) is 23.9 Å². The molecule has 0 amide bonds. The van der Waals surface area contributed by atoms with Gasteiger partial charge in [-0.1, -0.05) is 24.6 Å². The Hall–Kier alpha value is -0.910. The van der Waals surface area contributed by atoms with Gasteiger partial charge in [-0.3, -0.25) is 4.68 Å². The zero-order chi connectivity index (χ0) is 14.2. The van der Waals surface area contributed by atoms with Crippen LogP contribution in [0.5, 0.6) is 0 Å². The molecule has 1 aromatic heterocycles. The molecular formula is C13H14BrClFN3. The molecule has 0 fully saturated rings. The van der Waals surface area contributed by atoms with Gasteiger partial charge in [0.1, 0.15) is 5.82 Å². The summed E-state index contributed by atoms with van der Waals surface area (Å²) < 4.78 is 16.3. The van der Waals surface area contributed by atoms with Crippen LogP contribution in [0.3, 0.4) is 0 Å². The van der Waals surface area contributed by atoms with E-state index in [-0.39, 0.29) is 5.02 Å². The number of nitrogens with two attached hydrogens (primary N) is 1. The third kappa shape index (κ3) is 2.68. The second-order valence-electron chi connectivity index (χ2n) is 4.28. The molecule has 1 heterocycles. The van der Waals surface area contributed by atoms with Gasteiger partial charge in [0.2, 0.25) is 0 Å². The summed E-state index contributed by atoms with van der Waals surface area (Å²) in [6.45, 7) is 2.01. The molecule has 0 saturated heterocycles. The third-order valence-corrected chi connectivity index (χ3v) is 4.31. The number of nitrogens with zero attached hydrogens (tertiary/aromatic N) is 2. The van der Waals surface area contributed by atoms with Crippen molar-refractivity contribution in [2.24, 2.45) is 12.8 Å². The van der Waals surface area contributed by atoms with Crippen LogP contribution in [0.25, 0.3) is 0 Å². The minimum atomic E-state index is -0.594. The van der Waals surface area contributed by atoms with Crippen molar-refractivity contribution < 1.29 is 4.39 Å². The van der Waals surface area contributed by atoms with Crippen LogP contribution in [0.2, 0.25) is 5.02 Å². The lowest BCUT2D eigenvalue weighted by atomic mass is 10.0. The molecule has 0 aliphatic rings. The van der Waals surface area contributed by atoms with Gasteiger partial charge in [0, 0.05) is 17.1 Å². The van der Waals surface area contributed by atoms with E-state index >= 15 is 0 Å². The van der Waals surface area contributed by atoms with Gasteiger partial charge < -0.3 is 5.73 Å². The summed E-state index contributed by atoms with van der Waals surface area (Å²) >= 11 is 9.07. The van der Waals surface area contributed by atoms with Gasteiger partial charge in [-0.25, -0.2) is 4.39 Å². The average Bonchev–Trinajstić information content (AvgIpc) is 2.77. The van der Waals surface area contributed by atoms with Crippen LogP contribution in [0.15, 0.2) is 22.7 Å². The molecule has 0 radical (unpaired) electrons. The summed E-state index contributed by atoms with van der Waals surface area (Å²) in [7, 11) is 1.80. The van der Waals surface area contributed by atoms with Crippen molar-refractivity contribution in [2.75, 3.05) is 0 Å². The number of halogens is 3. The van der Waals surface area contributed by atoms with Gasteiger partial charge in [-0.05, 0) is 34.5 Å². The first-order chi connectivity index (χ1) is 8.95. The van der Waals surface area contributed by atoms with Gasteiger partial charge >= 0.3 is 0 Å². The van der Waals surface area contributed by atoms with E-state index in [0.717, 1.165) is 17.8 Å². The highest BCUT2D eigenvalue weighted by Gasteiger charge is 2.20. The SMILES string of the molecule is CCc1cc(C(N)c2ccc(Br)c(Cl)c2F)n(C)n1. The summed E-state index contributed by atoms with van der Waals surface area (Å²) in [5, 5.41) is 4.36. The smallest absolute Gasteiger partial charge is 0.148 e. The summed E-state index contributed by atoms with van der Waals surface area (Å²) in [6, 6.07) is 4.62. The fraction of sp³-hybridized carbons (Fsp3) is 0.308. The monoisotopic (exact) mass is 345 g/mol. The predicted octanol–water partition coefficient (Wildman–Crippen LogP) is 3.59. The molecule has 2 aromatic rings. The van der Waals surface area contributed by atoms with Crippen LogP contribution in [-0.2, 0) is 13.5 Å². The van der Waals surface area contributed by atoms with Crippen molar-refractivity contribution in [3.63, 3.8) is 0 Å². The molecule has 6 heteroatoms. The summed E-state index contributed by atoms with van der Waals surface area (Å²) in [5.74, 6) is -0.497. The Bertz CT molecular complexity index is 612. The lowest BCUT2D eigenvalue weighted by Gasteiger charge is -2.14. The first-order valence-corrected chi connectivity index (χ1v) is 7.04. The lowest BCUT2D eigenvalue weighted by Crippen LogP contribution is -2.17. The summed E-state index contributed by atoms with van der Waals surface area (Å²) in [4.78, 5) is 0. The van der Waals surface area contributed by atoms with Crippen molar-refractivity contribution in [3.05, 3.63) is 50.5 Å². The van der Waals surface area contributed by atoms with Crippen LogP contribution >= 0.6 is 27.5 Å². The Labute approximate surface area is 124 Å². The highest BCUT2D eigenvalue weighted by molar-refractivity contribution is 9.10. The molecule has 2 rings (SSSR count). The van der Waals surface area contributed by atoms with Gasteiger partial charge in [-0.2, -0.15) is 5.10 Å². The molecule has 1 aromatic carbocycles. The van der Waals surface area contributed by atoms with Crippen LogP contribution in [0, 0.1) is 5.82 Å². The molecule has 102 valence electrons. The molecule has 1 atom stereocenters. The second-order valence-corrected chi connectivity index (χ2v) is 5.51. The Morgan fingerprint density at radius 2 is 2.21 bits per heavy atom. The van der Waals surface area contributed by atoms with E-state index in [1.807, 2.05) is 13.0 Å². The van der Waals surface area contributed by atoms with E-state index in [0.29, 0.717) is 10.0 Å². The Morgan fingerprint density at radius 3 is 2.79 bits per heavy atom. The van der Waals surface area contributed by atoms with Crippen LogP contribution < -0.4 is 5.73 Å². The van der Waals surface area contributed by atoms with Gasteiger partial charge in [-0.15, -0.1) is 0 Å². The molecule has 0 spiro atoms. The number of hydrogen-bond donors (Lipinski definition) is 1. The van der Waals surface area contributed by atoms with Crippen molar-refractivity contribution in [2.45, 2.75) is 19.4 Å². The predicted molar refractivity (Wildman–Crippen MR) is 77.7 cm³/mol. The molecule has 0 aliphatic carbocycles. The normalized spacial score (nSPS) is 12.7. The number of aromatic nitrogens is 2. The van der Waals surface area contributed by atoms with Gasteiger partial charge in [0.25, 0.3) is 0 Å². The number of rotatable bonds is 3. The number of aryl methyl sites for hydroxylation is 2. The topological polar surface area (TPSA) is 43.8 Å². The Balaban J connectivity index is 2.46. The van der Waals surface area contributed by atoms with Gasteiger partial charge in [0.05, 0.1) is 22.5 Å². The van der Waals surface area contributed by atoms with Crippen LogP contribution in [-0.4, -0.2) is 9.78 Å². The van der Waals surface area contributed by atoms with E-state index in [9.17, 15) is 4.39 Å². The Morgan fingerprint density at radius 1 is 1.53 bits per heavy atom. The minimum Gasteiger partial charge on any atom is -0.319 e. The largest absolute Gasteiger partial charge is 0.319 e. The van der Waals surface area contributed by atoms with E-state index in [2.05, 4.69) is 21.0 Å². The molecule has 0 bridgehead atoms. The van der Waals surface area contributed by atoms with Crippen LogP contribution in [0.1, 0.15) is 29.9 Å². The quantitative estimate of drug-likeness (QED) is 0.863. The molecule has 0 saturated carbocycles. The average molecular weight is 347 g/mol. The van der Waals surface area contributed by atoms with E-state index < -0.39 is 11.9 Å². The van der Waals surface area contributed by atoms with Gasteiger partial charge in [0.15, 0.2) is 0 Å². The second kappa shape index (κ2) is 5.61. The molecule has 19 heavy (non-hydrogen) atoms. The highest BCUT2D eigenvalue weighted by Crippen LogP contribution is 2.31. The Kier molecular flexibility index (Phi) is 4.28. The summed E-state index contributed by atoms with van der Waals surface area (Å²) in [6.07, 6.45) is 0.810. The molecule has 1 unspecified atom stereocenters. The van der Waals surface area contributed by atoms with E-state index in [4.69, 9.17) is 17.3 Å². The lowest BCUT2D eigenvalue weighted by molar-refractivity contribution is 0.585. The minimum absolute atomic E-state index is 0.0471. The van der Waals surface area contributed by atoms with Crippen LogP contribution in [0.4, 0.5) is 4.39 Å². The zero-order valence-electron chi connectivity index (χ0n) is 10.6. The first-order valence-electron chi connectivity index (χ1n) is 5.87. The van der Waals surface area contributed by atoms with Crippen molar-refractivity contribution in [3.8, 4) is 0 Å². The van der Waals surface area contributed by atoms with Crippen molar-refractivity contribution in [1.82, 2.24) is 9.78 Å². The highest BCUT2D eigenvalue weighted by atomic mass is 79.9. The fourth-order valence-electron chi connectivity index (χ4n) is 1.95. The van der Waals surface area contributed by atoms with E-state index in [1.165, 1.54) is 0 Å². The molecule has 3 nitrogen and oxygen atoms in total. The first kappa shape index (κ1) is 14.5. The maximum atomic E-state index is 14.1. The summed E-state index contributed by atoms with van der Waals surface area (Å²) in [5.41, 5.74) is 8.18. The van der Waals surface area contributed by atoms with Crippen molar-refractivity contribution in [1.29, 1.82) is 0 Å². The molecule has 0 aliphatic heterocycles. The standard InChI is InChI=1S/C13H14BrClFN3/c1-3-7-6-10(19(2)18-7)13(17)8-4-5-9(14)11(15)12(8)16/h4-6,13H,3,17H2,1-2H3. The number of benzene rings is 1. The third-order valence-electron chi connectivity index (χ3n) is 3.05.